The molecule has 19 heavy (non-hydrogen) atoms. The van der Waals surface area contributed by atoms with Gasteiger partial charge in [-0.15, -0.1) is 0 Å². The molecule has 2 aromatic rings. The second-order valence-electron chi connectivity index (χ2n) is 3.66. The fraction of sp³-hybridized carbons (Fsp3) is 0.250. The fourth-order valence-corrected chi connectivity index (χ4v) is 1.76. The van der Waals surface area contributed by atoms with Gasteiger partial charge >= 0.3 is 5.97 Å². The second kappa shape index (κ2) is 5.92. The van der Waals surface area contributed by atoms with Crippen molar-refractivity contribution in [1.29, 1.82) is 0 Å². The molecule has 1 heterocycles. The standard InChI is InChI=1S/C12H10BrFN2O3/c1-2-10-15-11(19-16-10)6-18-12(17)8-5-7(14)3-4-9(8)13/h3-5H,2,6H2,1H3. The summed E-state index contributed by atoms with van der Waals surface area (Å²) in [5.41, 5.74) is 0.107. The molecule has 0 amide bonds. The Morgan fingerprint density at radius 3 is 3.00 bits per heavy atom. The van der Waals surface area contributed by atoms with E-state index < -0.39 is 11.8 Å². The molecule has 0 saturated carbocycles. The molecule has 7 heteroatoms. The number of hydrogen-bond acceptors (Lipinski definition) is 5. The van der Waals surface area contributed by atoms with Gasteiger partial charge in [-0.3, -0.25) is 0 Å². The minimum Gasteiger partial charge on any atom is -0.452 e. The van der Waals surface area contributed by atoms with Gasteiger partial charge in [0.25, 0.3) is 5.89 Å². The van der Waals surface area contributed by atoms with Crippen LogP contribution in [0.3, 0.4) is 0 Å². The Bertz CT molecular complexity index is 600. The molecule has 0 spiro atoms. The summed E-state index contributed by atoms with van der Waals surface area (Å²) in [6.07, 6.45) is 0.632. The monoisotopic (exact) mass is 328 g/mol. The molecule has 0 fully saturated rings. The van der Waals surface area contributed by atoms with Crippen LogP contribution in [0.5, 0.6) is 0 Å². The van der Waals surface area contributed by atoms with Gasteiger partial charge in [0.05, 0.1) is 5.56 Å². The number of halogens is 2. The third kappa shape index (κ3) is 3.37. The Kier molecular flexibility index (Phi) is 4.26. The number of rotatable bonds is 4. The highest BCUT2D eigenvalue weighted by atomic mass is 79.9. The summed E-state index contributed by atoms with van der Waals surface area (Å²) in [7, 11) is 0. The summed E-state index contributed by atoms with van der Waals surface area (Å²) in [5, 5.41) is 3.67. The SMILES string of the molecule is CCc1noc(COC(=O)c2cc(F)ccc2Br)n1. The third-order valence-corrected chi connectivity index (χ3v) is 2.99. The summed E-state index contributed by atoms with van der Waals surface area (Å²) in [6, 6.07) is 3.78. The first kappa shape index (κ1) is 13.7. The summed E-state index contributed by atoms with van der Waals surface area (Å²) >= 11 is 3.15. The lowest BCUT2D eigenvalue weighted by Gasteiger charge is -2.04. The van der Waals surface area contributed by atoms with Crippen LogP contribution in [0.4, 0.5) is 4.39 Å². The Labute approximate surface area is 116 Å². The Morgan fingerprint density at radius 2 is 2.32 bits per heavy atom. The van der Waals surface area contributed by atoms with Gasteiger partial charge in [0, 0.05) is 10.9 Å². The molecule has 1 aromatic carbocycles. The molecule has 100 valence electrons. The number of ether oxygens (including phenoxy) is 1. The van der Waals surface area contributed by atoms with Crippen molar-refractivity contribution in [2.24, 2.45) is 0 Å². The van der Waals surface area contributed by atoms with E-state index in [4.69, 9.17) is 9.26 Å². The molecular formula is C12H10BrFN2O3. The Balaban J connectivity index is 2.03. The van der Waals surface area contributed by atoms with Crippen molar-refractivity contribution in [2.45, 2.75) is 20.0 Å². The van der Waals surface area contributed by atoms with Crippen molar-refractivity contribution >= 4 is 21.9 Å². The quantitative estimate of drug-likeness (QED) is 0.807. The van der Waals surface area contributed by atoms with Crippen LogP contribution < -0.4 is 0 Å². The molecule has 0 aliphatic carbocycles. The molecule has 0 saturated heterocycles. The molecule has 0 aliphatic rings. The lowest BCUT2D eigenvalue weighted by Crippen LogP contribution is -2.06. The molecule has 0 atom stereocenters. The van der Waals surface area contributed by atoms with E-state index in [1.54, 1.807) is 0 Å². The first-order chi connectivity index (χ1) is 9.10. The van der Waals surface area contributed by atoms with Crippen molar-refractivity contribution in [1.82, 2.24) is 10.1 Å². The second-order valence-corrected chi connectivity index (χ2v) is 4.51. The predicted octanol–water partition coefficient (Wildman–Crippen LogP) is 2.89. The van der Waals surface area contributed by atoms with Crippen molar-refractivity contribution in [3.8, 4) is 0 Å². The van der Waals surface area contributed by atoms with Crippen molar-refractivity contribution in [2.75, 3.05) is 0 Å². The average Bonchev–Trinajstić information content (AvgIpc) is 2.87. The van der Waals surface area contributed by atoms with Crippen molar-refractivity contribution in [3.05, 3.63) is 45.8 Å². The van der Waals surface area contributed by atoms with E-state index in [1.165, 1.54) is 12.1 Å². The molecule has 5 nitrogen and oxygen atoms in total. The maximum absolute atomic E-state index is 13.1. The zero-order valence-electron chi connectivity index (χ0n) is 10.0. The van der Waals surface area contributed by atoms with E-state index in [9.17, 15) is 9.18 Å². The van der Waals surface area contributed by atoms with E-state index in [1.807, 2.05) is 6.92 Å². The van der Waals surface area contributed by atoms with E-state index in [0.29, 0.717) is 16.7 Å². The molecule has 0 unspecified atom stereocenters. The number of benzene rings is 1. The van der Waals surface area contributed by atoms with Gasteiger partial charge in [-0.1, -0.05) is 12.1 Å². The molecule has 0 N–H and O–H groups in total. The summed E-state index contributed by atoms with van der Waals surface area (Å²) in [6.45, 7) is 1.74. The molecule has 1 aromatic heterocycles. The zero-order chi connectivity index (χ0) is 13.8. The number of aryl methyl sites for hydroxylation is 1. The highest BCUT2D eigenvalue weighted by molar-refractivity contribution is 9.10. The number of esters is 1. The first-order valence-corrected chi connectivity index (χ1v) is 6.33. The zero-order valence-corrected chi connectivity index (χ0v) is 11.6. The molecule has 0 aliphatic heterocycles. The molecular weight excluding hydrogens is 319 g/mol. The van der Waals surface area contributed by atoms with E-state index in [-0.39, 0.29) is 18.1 Å². The molecule has 2 rings (SSSR count). The van der Waals surface area contributed by atoms with E-state index >= 15 is 0 Å². The van der Waals surface area contributed by atoms with Crippen LogP contribution in [0.25, 0.3) is 0 Å². The van der Waals surface area contributed by atoms with Crippen LogP contribution in [-0.2, 0) is 17.8 Å². The number of carbonyl (C=O) groups excluding carboxylic acids is 1. The normalized spacial score (nSPS) is 10.5. The van der Waals surface area contributed by atoms with Gasteiger partial charge in [-0.25, -0.2) is 9.18 Å². The maximum Gasteiger partial charge on any atom is 0.339 e. The van der Waals surface area contributed by atoms with Gasteiger partial charge in [0.2, 0.25) is 0 Å². The first-order valence-electron chi connectivity index (χ1n) is 5.53. The van der Waals surface area contributed by atoms with Crippen LogP contribution in [0.2, 0.25) is 0 Å². The smallest absolute Gasteiger partial charge is 0.339 e. The number of carbonyl (C=O) groups is 1. The number of aromatic nitrogens is 2. The van der Waals surface area contributed by atoms with Crippen LogP contribution in [0.1, 0.15) is 29.0 Å². The van der Waals surface area contributed by atoms with Crippen LogP contribution >= 0.6 is 15.9 Å². The van der Waals surface area contributed by atoms with Crippen LogP contribution in [0.15, 0.2) is 27.2 Å². The maximum atomic E-state index is 13.1. The summed E-state index contributed by atoms with van der Waals surface area (Å²) in [4.78, 5) is 15.8. The van der Waals surface area contributed by atoms with Crippen molar-refractivity contribution < 1.29 is 18.4 Å². The molecule has 0 radical (unpaired) electrons. The van der Waals surface area contributed by atoms with E-state index in [0.717, 1.165) is 6.07 Å². The average molecular weight is 329 g/mol. The lowest BCUT2D eigenvalue weighted by molar-refractivity contribution is 0.0428. The van der Waals surface area contributed by atoms with Crippen molar-refractivity contribution in [3.63, 3.8) is 0 Å². The minimum absolute atomic E-state index is 0.107. The Morgan fingerprint density at radius 1 is 1.53 bits per heavy atom. The number of hydrogen-bond donors (Lipinski definition) is 0. The number of nitrogens with zero attached hydrogens (tertiary/aromatic N) is 2. The molecule has 0 bridgehead atoms. The van der Waals surface area contributed by atoms with E-state index in [2.05, 4.69) is 26.1 Å². The highest BCUT2D eigenvalue weighted by Crippen LogP contribution is 2.19. The van der Waals surface area contributed by atoms with Gasteiger partial charge in [0.1, 0.15) is 5.82 Å². The summed E-state index contributed by atoms with van der Waals surface area (Å²) < 4.78 is 23.4. The predicted molar refractivity (Wildman–Crippen MR) is 66.9 cm³/mol. The van der Waals surface area contributed by atoms with Gasteiger partial charge in [-0.2, -0.15) is 4.98 Å². The Hall–Kier alpha value is -1.76. The topological polar surface area (TPSA) is 65.2 Å². The van der Waals surface area contributed by atoms with Gasteiger partial charge in [0.15, 0.2) is 12.4 Å². The van der Waals surface area contributed by atoms with Gasteiger partial charge < -0.3 is 9.26 Å². The third-order valence-electron chi connectivity index (χ3n) is 2.30. The summed E-state index contributed by atoms with van der Waals surface area (Å²) in [5.74, 6) is -0.431. The fourth-order valence-electron chi connectivity index (χ4n) is 1.35. The van der Waals surface area contributed by atoms with Crippen LogP contribution in [0, 0.1) is 5.82 Å². The lowest BCUT2D eigenvalue weighted by atomic mass is 10.2. The van der Waals surface area contributed by atoms with Crippen LogP contribution in [-0.4, -0.2) is 16.1 Å². The van der Waals surface area contributed by atoms with Gasteiger partial charge in [-0.05, 0) is 34.1 Å². The highest BCUT2D eigenvalue weighted by Gasteiger charge is 2.14. The minimum atomic E-state index is -0.664. The largest absolute Gasteiger partial charge is 0.452 e.